The summed E-state index contributed by atoms with van der Waals surface area (Å²) in [5.41, 5.74) is 0.858. The summed E-state index contributed by atoms with van der Waals surface area (Å²) in [6.45, 7) is 4.31. The largest absolute Gasteiger partial charge is 0.458 e. The highest BCUT2D eigenvalue weighted by Crippen LogP contribution is 2.32. The highest BCUT2D eigenvalue weighted by Gasteiger charge is 2.22. The highest BCUT2D eigenvalue weighted by atomic mass is 16.4. The smallest absolute Gasteiger partial charge is 0.134 e. The van der Waals surface area contributed by atoms with E-state index >= 15 is 0 Å². The Morgan fingerprint density at radius 3 is 2.67 bits per heavy atom. The van der Waals surface area contributed by atoms with Gasteiger partial charge in [-0.3, -0.25) is 0 Å². The van der Waals surface area contributed by atoms with Crippen molar-refractivity contribution in [1.82, 2.24) is 0 Å². The predicted molar refractivity (Wildman–Crippen MR) is 74.5 cm³/mol. The van der Waals surface area contributed by atoms with Crippen LogP contribution in [0.5, 0.6) is 0 Å². The first-order valence-corrected chi connectivity index (χ1v) is 6.92. The Bertz CT molecular complexity index is 454. The van der Waals surface area contributed by atoms with Gasteiger partial charge >= 0.3 is 0 Å². The molecule has 2 unspecified atom stereocenters. The second-order valence-electron chi connectivity index (χ2n) is 4.94. The van der Waals surface area contributed by atoms with Crippen LogP contribution in [0.25, 0.3) is 11.0 Å². The van der Waals surface area contributed by atoms with E-state index in [-0.39, 0.29) is 0 Å². The molecule has 0 saturated carbocycles. The molecular weight excluding hydrogens is 224 g/mol. The van der Waals surface area contributed by atoms with E-state index < -0.39 is 6.10 Å². The van der Waals surface area contributed by atoms with Gasteiger partial charge in [0.25, 0.3) is 0 Å². The van der Waals surface area contributed by atoms with E-state index in [0.29, 0.717) is 11.7 Å². The Morgan fingerprint density at radius 1 is 1.22 bits per heavy atom. The minimum atomic E-state index is -0.478. The van der Waals surface area contributed by atoms with Gasteiger partial charge in [0.1, 0.15) is 17.4 Å². The minimum absolute atomic E-state index is 0.297. The molecule has 0 aliphatic carbocycles. The molecule has 0 fully saturated rings. The average Bonchev–Trinajstić information content (AvgIpc) is 2.83. The van der Waals surface area contributed by atoms with Crippen LogP contribution < -0.4 is 0 Å². The second-order valence-corrected chi connectivity index (χ2v) is 4.94. The van der Waals surface area contributed by atoms with Crippen molar-refractivity contribution in [2.75, 3.05) is 0 Å². The zero-order chi connectivity index (χ0) is 13.0. The first-order valence-electron chi connectivity index (χ1n) is 6.92. The van der Waals surface area contributed by atoms with Crippen molar-refractivity contribution >= 4 is 11.0 Å². The number of para-hydroxylation sites is 1. The van der Waals surface area contributed by atoms with E-state index in [4.69, 9.17) is 4.42 Å². The summed E-state index contributed by atoms with van der Waals surface area (Å²) in [7, 11) is 0. The number of hydrogen-bond donors (Lipinski definition) is 1. The van der Waals surface area contributed by atoms with E-state index in [1.807, 2.05) is 30.3 Å². The fraction of sp³-hybridized carbons (Fsp3) is 0.500. The van der Waals surface area contributed by atoms with Crippen LogP contribution in [0.4, 0.5) is 0 Å². The number of hydrogen-bond acceptors (Lipinski definition) is 2. The maximum Gasteiger partial charge on any atom is 0.134 e. The lowest BCUT2D eigenvalue weighted by molar-refractivity contribution is 0.0793. The van der Waals surface area contributed by atoms with Crippen molar-refractivity contribution < 1.29 is 9.52 Å². The third-order valence-corrected chi connectivity index (χ3v) is 3.64. The topological polar surface area (TPSA) is 33.4 Å². The van der Waals surface area contributed by atoms with Gasteiger partial charge < -0.3 is 9.52 Å². The standard InChI is InChI=1S/C16H22O2/c1-3-5-8-12(4-2)16(17)15-11-13-9-6-7-10-14(13)18-15/h6-7,9-12,16-17H,3-5,8H2,1-2H3. The summed E-state index contributed by atoms with van der Waals surface area (Å²) in [5.74, 6) is 1.00. The molecule has 0 radical (unpaired) electrons. The molecule has 2 heteroatoms. The molecule has 18 heavy (non-hydrogen) atoms. The molecular formula is C16H22O2. The molecule has 0 amide bonds. The fourth-order valence-corrected chi connectivity index (χ4v) is 2.43. The molecule has 0 bridgehead atoms. The van der Waals surface area contributed by atoms with Crippen molar-refractivity contribution in [3.8, 4) is 0 Å². The zero-order valence-electron chi connectivity index (χ0n) is 11.2. The van der Waals surface area contributed by atoms with Crippen molar-refractivity contribution in [2.45, 2.75) is 45.6 Å². The minimum Gasteiger partial charge on any atom is -0.458 e. The van der Waals surface area contributed by atoms with Crippen molar-refractivity contribution in [3.05, 3.63) is 36.1 Å². The summed E-state index contributed by atoms with van der Waals surface area (Å²) in [6.07, 6.45) is 3.90. The summed E-state index contributed by atoms with van der Waals surface area (Å²) in [6, 6.07) is 9.87. The molecule has 0 aliphatic rings. The second kappa shape index (κ2) is 6.05. The predicted octanol–water partition coefficient (Wildman–Crippen LogP) is 4.68. The van der Waals surface area contributed by atoms with Gasteiger partial charge in [-0.2, -0.15) is 0 Å². The van der Waals surface area contributed by atoms with Gasteiger partial charge in [-0.15, -0.1) is 0 Å². The summed E-state index contributed by atoms with van der Waals surface area (Å²) >= 11 is 0. The molecule has 2 atom stereocenters. The Kier molecular flexibility index (Phi) is 4.43. The quantitative estimate of drug-likeness (QED) is 0.802. The molecule has 1 N–H and O–H groups in total. The van der Waals surface area contributed by atoms with Crippen LogP contribution in [0.3, 0.4) is 0 Å². The van der Waals surface area contributed by atoms with Crippen LogP contribution >= 0.6 is 0 Å². The van der Waals surface area contributed by atoms with Gasteiger partial charge in [0.2, 0.25) is 0 Å². The summed E-state index contributed by atoms with van der Waals surface area (Å²) in [5, 5.41) is 11.5. The molecule has 2 aromatic rings. The van der Waals surface area contributed by atoms with Gasteiger partial charge in [0.05, 0.1) is 0 Å². The van der Waals surface area contributed by atoms with Crippen LogP contribution in [0.2, 0.25) is 0 Å². The summed E-state index contributed by atoms with van der Waals surface area (Å²) in [4.78, 5) is 0. The molecule has 1 aromatic carbocycles. The fourth-order valence-electron chi connectivity index (χ4n) is 2.43. The first kappa shape index (κ1) is 13.2. The zero-order valence-corrected chi connectivity index (χ0v) is 11.2. The van der Waals surface area contributed by atoms with Crippen LogP contribution in [-0.4, -0.2) is 5.11 Å². The Morgan fingerprint density at radius 2 is 2.00 bits per heavy atom. The maximum atomic E-state index is 10.4. The van der Waals surface area contributed by atoms with Crippen molar-refractivity contribution in [1.29, 1.82) is 0 Å². The van der Waals surface area contributed by atoms with Gasteiger partial charge in [-0.25, -0.2) is 0 Å². The molecule has 2 nitrogen and oxygen atoms in total. The number of unbranched alkanes of at least 4 members (excludes halogenated alkanes) is 1. The average molecular weight is 246 g/mol. The van der Waals surface area contributed by atoms with Crippen molar-refractivity contribution in [3.63, 3.8) is 0 Å². The number of fused-ring (bicyclic) bond motifs is 1. The SMILES string of the molecule is CCCCC(CC)C(O)c1cc2ccccc2o1. The van der Waals surface area contributed by atoms with Gasteiger partial charge in [0.15, 0.2) is 0 Å². The monoisotopic (exact) mass is 246 g/mol. The van der Waals surface area contributed by atoms with Gasteiger partial charge in [-0.05, 0) is 24.5 Å². The number of aliphatic hydroxyl groups is 1. The first-order chi connectivity index (χ1) is 8.76. The van der Waals surface area contributed by atoms with E-state index in [9.17, 15) is 5.11 Å². The summed E-state index contributed by atoms with van der Waals surface area (Å²) < 4.78 is 5.74. The Hall–Kier alpha value is -1.28. The maximum absolute atomic E-state index is 10.4. The van der Waals surface area contributed by atoms with Gasteiger partial charge in [-0.1, -0.05) is 51.3 Å². The normalized spacial score (nSPS) is 14.8. The Labute approximate surface area is 109 Å². The van der Waals surface area contributed by atoms with Crippen LogP contribution in [0, 0.1) is 5.92 Å². The van der Waals surface area contributed by atoms with Crippen LogP contribution in [0.1, 0.15) is 51.4 Å². The van der Waals surface area contributed by atoms with E-state index in [0.717, 1.165) is 30.2 Å². The van der Waals surface area contributed by atoms with E-state index in [1.54, 1.807) is 0 Å². The molecule has 98 valence electrons. The van der Waals surface area contributed by atoms with Crippen LogP contribution in [0.15, 0.2) is 34.7 Å². The molecule has 1 aromatic heterocycles. The van der Waals surface area contributed by atoms with E-state index in [1.165, 1.54) is 6.42 Å². The third kappa shape index (κ3) is 2.75. The lowest BCUT2D eigenvalue weighted by Gasteiger charge is -2.19. The molecule has 2 rings (SSSR count). The highest BCUT2D eigenvalue weighted by molar-refractivity contribution is 5.77. The van der Waals surface area contributed by atoms with E-state index in [2.05, 4.69) is 13.8 Å². The number of benzene rings is 1. The molecule has 0 spiro atoms. The van der Waals surface area contributed by atoms with Crippen molar-refractivity contribution in [2.24, 2.45) is 5.92 Å². The molecule has 0 aliphatic heterocycles. The van der Waals surface area contributed by atoms with Gasteiger partial charge in [0, 0.05) is 5.39 Å². The third-order valence-electron chi connectivity index (χ3n) is 3.64. The lowest BCUT2D eigenvalue weighted by atomic mass is 9.92. The number of aliphatic hydroxyl groups excluding tert-OH is 1. The number of rotatable bonds is 6. The molecule has 1 heterocycles. The number of furan rings is 1. The molecule has 0 saturated heterocycles. The Balaban J connectivity index is 2.18. The lowest BCUT2D eigenvalue weighted by Crippen LogP contribution is -2.11. The van der Waals surface area contributed by atoms with Crippen LogP contribution in [-0.2, 0) is 0 Å².